The van der Waals surface area contributed by atoms with Crippen molar-refractivity contribution < 1.29 is 26.9 Å². The van der Waals surface area contributed by atoms with Crippen molar-refractivity contribution in [1.82, 2.24) is 0 Å². The maximum Gasteiger partial charge on any atom is 0.261 e. The van der Waals surface area contributed by atoms with Gasteiger partial charge >= 0.3 is 0 Å². The largest absolute Gasteiger partial charge is 0.381 e. The van der Waals surface area contributed by atoms with Crippen molar-refractivity contribution >= 4 is 10.1 Å². The van der Waals surface area contributed by atoms with E-state index in [-0.39, 0.29) is 0 Å². The Hall–Kier alpha value is -0.210. The van der Waals surface area contributed by atoms with Crippen LogP contribution in [0.4, 0.5) is 0 Å². The summed E-state index contributed by atoms with van der Waals surface area (Å²) >= 11 is 0. The van der Waals surface area contributed by atoms with Crippen LogP contribution < -0.4 is 0 Å². The zero-order chi connectivity index (χ0) is 27.4. The normalized spacial score (nSPS) is 11.9. The minimum Gasteiger partial charge on any atom is -0.381 e. The highest BCUT2D eigenvalue weighted by Crippen LogP contribution is 2.13. The van der Waals surface area contributed by atoms with Crippen LogP contribution in [0.25, 0.3) is 0 Å². The third-order valence-corrected chi connectivity index (χ3v) is 6.09. The van der Waals surface area contributed by atoms with Crippen molar-refractivity contribution in [3.63, 3.8) is 0 Å². The van der Waals surface area contributed by atoms with Crippen LogP contribution in [0.15, 0.2) is 0 Å². The van der Waals surface area contributed by atoms with Gasteiger partial charge in [0.1, 0.15) is 0 Å². The third-order valence-electron chi connectivity index (χ3n) is 6.09. The second kappa shape index (κ2) is 27.8. The first-order valence-corrected chi connectivity index (χ1v) is 16.8. The Morgan fingerprint density at radius 2 is 0.806 bits per heavy atom. The molecule has 7 heteroatoms. The highest BCUT2D eigenvalue weighted by molar-refractivity contribution is 7.85. The van der Waals surface area contributed by atoms with Crippen LogP contribution in [-0.4, -0.2) is 77.8 Å². The molecule has 0 aliphatic carbocycles. The van der Waals surface area contributed by atoms with Crippen molar-refractivity contribution in [2.45, 2.75) is 129 Å². The van der Waals surface area contributed by atoms with E-state index >= 15 is 0 Å². The molecule has 0 aromatic rings. The number of quaternary nitrogens is 1. The van der Waals surface area contributed by atoms with Gasteiger partial charge in [-0.1, -0.05) is 103 Å². The van der Waals surface area contributed by atoms with E-state index in [1.165, 1.54) is 122 Å². The van der Waals surface area contributed by atoms with Gasteiger partial charge in [0.2, 0.25) is 0 Å². The molecule has 0 rings (SSSR count). The number of hydrogen-bond acceptors (Lipinski definition) is 4. The molecule has 0 atom stereocenters. The van der Waals surface area contributed by atoms with Crippen LogP contribution in [0.3, 0.4) is 0 Å². The predicted molar refractivity (Wildman–Crippen MR) is 155 cm³/mol. The Morgan fingerprint density at radius 3 is 1.14 bits per heavy atom. The standard InChI is InChI=1S/C28H60NO2.CH4O3S/c1-5-6-7-8-9-10-11-12-13-14-15-16-17-18-19-21-25-30-27-23-28-31-26-22-20-24-29(2,3)4;1-5(2,3)4/h5-28H2,1-4H3;1H3,(H,2,3,4)/q+1;. The van der Waals surface area contributed by atoms with Crippen molar-refractivity contribution in [2.75, 3.05) is 60.4 Å². The molecule has 0 unspecified atom stereocenters. The molecular formula is C29H64NO5S+. The number of hydrogen-bond donors (Lipinski definition) is 1. The van der Waals surface area contributed by atoms with Gasteiger partial charge in [-0.3, -0.25) is 4.55 Å². The summed E-state index contributed by atoms with van der Waals surface area (Å²) in [5, 5.41) is 0. The van der Waals surface area contributed by atoms with E-state index in [4.69, 9.17) is 14.0 Å². The Morgan fingerprint density at radius 1 is 0.528 bits per heavy atom. The Balaban J connectivity index is 0. The van der Waals surface area contributed by atoms with E-state index in [1.807, 2.05) is 0 Å². The van der Waals surface area contributed by atoms with Gasteiger partial charge in [0.15, 0.2) is 0 Å². The van der Waals surface area contributed by atoms with Crippen LogP contribution in [0, 0.1) is 0 Å². The van der Waals surface area contributed by atoms with Crippen molar-refractivity contribution in [3.8, 4) is 0 Å². The van der Waals surface area contributed by atoms with E-state index < -0.39 is 10.1 Å². The van der Waals surface area contributed by atoms with Crippen LogP contribution in [-0.2, 0) is 19.6 Å². The summed E-state index contributed by atoms with van der Waals surface area (Å²) in [6.07, 6.45) is 26.9. The third kappa shape index (κ3) is 47.0. The summed E-state index contributed by atoms with van der Waals surface area (Å²) < 4.78 is 38.4. The van der Waals surface area contributed by atoms with Gasteiger partial charge in [0, 0.05) is 26.4 Å². The molecule has 0 spiro atoms. The van der Waals surface area contributed by atoms with Crippen LogP contribution in [0.2, 0.25) is 0 Å². The van der Waals surface area contributed by atoms with E-state index in [0.29, 0.717) is 6.26 Å². The monoisotopic (exact) mass is 538 g/mol. The molecule has 36 heavy (non-hydrogen) atoms. The first kappa shape index (κ1) is 37.9. The molecular weight excluding hydrogens is 474 g/mol. The van der Waals surface area contributed by atoms with E-state index in [1.54, 1.807) is 0 Å². The average molecular weight is 539 g/mol. The fourth-order valence-electron chi connectivity index (χ4n) is 4.01. The number of nitrogens with zero attached hydrogens (tertiary/aromatic N) is 1. The summed E-state index contributed by atoms with van der Waals surface area (Å²) in [5.74, 6) is 0. The predicted octanol–water partition coefficient (Wildman–Crippen LogP) is 7.66. The maximum atomic E-state index is 9.19. The summed E-state index contributed by atoms with van der Waals surface area (Å²) in [7, 11) is 3.08. The summed E-state index contributed by atoms with van der Waals surface area (Å²) in [4.78, 5) is 0. The Bertz CT molecular complexity index is 512. The summed E-state index contributed by atoms with van der Waals surface area (Å²) in [6, 6.07) is 0. The summed E-state index contributed by atoms with van der Waals surface area (Å²) in [5.41, 5.74) is 0. The zero-order valence-corrected chi connectivity index (χ0v) is 25.7. The molecule has 220 valence electrons. The maximum absolute atomic E-state index is 9.19. The lowest BCUT2D eigenvalue weighted by molar-refractivity contribution is -0.870. The molecule has 0 heterocycles. The smallest absolute Gasteiger partial charge is 0.261 e. The second-order valence-electron chi connectivity index (χ2n) is 11.3. The van der Waals surface area contributed by atoms with Gasteiger partial charge < -0.3 is 14.0 Å². The SMILES string of the molecule is CCCCCCCCCCCCCCCCCCOCCCOCCCC[N+](C)(C)C.CS(=O)(=O)O. The molecule has 0 fully saturated rings. The highest BCUT2D eigenvalue weighted by Gasteiger charge is 2.05. The average Bonchev–Trinajstić information content (AvgIpc) is 2.77. The quantitative estimate of drug-likeness (QED) is 0.0695. The fourth-order valence-corrected chi connectivity index (χ4v) is 4.01. The molecule has 0 aliphatic rings. The fraction of sp³-hybridized carbons (Fsp3) is 1.00. The molecule has 1 N–H and O–H groups in total. The van der Waals surface area contributed by atoms with Crippen LogP contribution >= 0.6 is 0 Å². The highest BCUT2D eigenvalue weighted by atomic mass is 32.2. The van der Waals surface area contributed by atoms with Crippen molar-refractivity contribution in [1.29, 1.82) is 0 Å². The zero-order valence-electron chi connectivity index (χ0n) is 24.9. The molecule has 0 bridgehead atoms. The molecule has 0 saturated carbocycles. The van der Waals surface area contributed by atoms with Gasteiger partial charge in [-0.15, -0.1) is 0 Å². The second-order valence-corrected chi connectivity index (χ2v) is 12.8. The molecule has 0 saturated heterocycles. The lowest BCUT2D eigenvalue weighted by Crippen LogP contribution is -2.35. The topological polar surface area (TPSA) is 72.8 Å². The number of ether oxygens (including phenoxy) is 2. The van der Waals surface area contributed by atoms with E-state index in [9.17, 15) is 8.42 Å². The molecule has 0 amide bonds. The van der Waals surface area contributed by atoms with Crippen LogP contribution in [0.1, 0.15) is 129 Å². The number of rotatable bonds is 26. The first-order valence-electron chi connectivity index (χ1n) is 14.9. The first-order chi connectivity index (χ1) is 17.1. The lowest BCUT2D eigenvalue weighted by atomic mass is 10.0. The van der Waals surface area contributed by atoms with Gasteiger partial charge in [0.05, 0.1) is 33.9 Å². The molecule has 0 aliphatic heterocycles. The Labute approximate surface area is 226 Å². The van der Waals surface area contributed by atoms with Gasteiger partial charge in [-0.2, -0.15) is 8.42 Å². The van der Waals surface area contributed by atoms with Gasteiger partial charge in [0.25, 0.3) is 10.1 Å². The molecule has 0 aromatic carbocycles. The minimum atomic E-state index is -3.67. The van der Waals surface area contributed by atoms with Gasteiger partial charge in [-0.25, -0.2) is 0 Å². The van der Waals surface area contributed by atoms with Crippen molar-refractivity contribution in [2.24, 2.45) is 0 Å². The van der Waals surface area contributed by atoms with Gasteiger partial charge in [-0.05, 0) is 25.7 Å². The number of unbranched alkanes of at least 4 members (excludes halogenated alkanes) is 16. The van der Waals surface area contributed by atoms with Crippen LogP contribution in [0.5, 0.6) is 0 Å². The molecule has 6 nitrogen and oxygen atoms in total. The lowest BCUT2D eigenvalue weighted by Gasteiger charge is -2.23. The van der Waals surface area contributed by atoms with E-state index in [0.717, 1.165) is 37.3 Å². The minimum absolute atomic E-state index is 0.715. The summed E-state index contributed by atoms with van der Waals surface area (Å²) in [6.45, 7) is 7.07. The molecule has 0 aromatic heterocycles. The Kier molecular flexibility index (Phi) is 29.3. The molecule has 0 radical (unpaired) electrons. The van der Waals surface area contributed by atoms with E-state index in [2.05, 4.69) is 28.1 Å². The van der Waals surface area contributed by atoms with Crippen molar-refractivity contribution in [3.05, 3.63) is 0 Å².